The summed E-state index contributed by atoms with van der Waals surface area (Å²) < 4.78 is 0. The van der Waals surface area contributed by atoms with Gasteiger partial charge in [-0.1, -0.05) is 6.92 Å². The number of amides is 1. The predicted octanol–water partition coefficient (Wildman–Crippen LogP) is 1.04. The molecule has 0 aromatic carbocycles. The third-order valence-corrected chi connectivity index (χ3v) is 3.40. The molecule has 1 saturated heterocycles. The Morgan fingerprint density at radius 1 is 1.57 bits per heavy atom. The van der Waals surface area contributed by atoms with Gasteiger partial charge in [0.25, 0.3) is 0 Å². The predicted molar refractivity (Wildman–Crippen MR) is 56.0 cm³/mol. The highest BCUT2D eigenvalue weighted by Gasteiger charge is 2.37. The van der Waals surface area contributed by atoms with Crippen molar-refractivity contribution >= 4 is 5.91 Å². The van der Waals surface area contributed by atoms with Crippen LogP contribution in [0.4, 0.5) is 0 Å². The molecule has 3 heteroatoms. The Bertz CT molecular complexity index is 223. The molecule has 3 nitrogen and oxygen atoms in total. The summed E-state index contributed by atoms with van der Waals surface area (Å²) in [6.45, 7) is 4.26. The molecule has 0 bridgehead atoms. The minimum atomic E-state index is 0.209. The van der Waals surface area contributed by atoms with Crippen LogP contribution in [0.15, 0.2) is 0 Å². The Morgan fingerprint density at radius 3 is 3.07 bits per heavy atom. The van der Waals surface area contributed by atoms with E-state index in [2.05, 4.69) is 17.6 Å². The summed E-state index contributed by atoms with van der Waals surface area (Å²) in [5, 5.41) is 6.44. The lowest BCUT2D eigenvalue weighted by Crippen LogP contribution is -2.35. The molecule has 2 fully saturated rings. The van der Waals surface area contributed by atoms with Crippen molar-refractivity contribution in [3.8, 4) is 0 Å². The van der Waals surface area contributed by atoms with Gasteiger partial charge in [-0.3, -0.25) is 4.79 Å². The maximum absolute atomic E-state index is 11.3. The fourth-order valence-corrected chi connectivity index (χ4v) is 1.93. The zero-order chi connectivity index (χ0) is 10.0. The van der Waals surface area contributed by atoms with Crippen LogP contribution in [0.3, 0.4) is 0 Å². The Kier molecular flexibility index (Phi) is 2.77. The third kappa shape index (κ3) is 2.71. The van der Waals surface area contributed by atoms with Crippen molar-refractivity contribution in [3.63, 3.8) is 0 Å². The molecule has 0 aromatic rings. The van der Waals surface area contributed by atoms with E-state index in [0.29, 0.717) is 17.9 Å². The number of carbonyl (C=O) groups excluding carboxylic acids is 1. The van der Waals surface area contributed by atoms with Gasteiger partial charge in [-0.05, 0) is 31.1 Å². The normalized spacial score (nSPS) is 30.6. The second-order valence-electron chi connectivity index (χ2n) is 5.08. The van der Waals surface area contributed by atoms with E-state index in [1.807, 2.05) is 0 Å². The van der Waals surface area contributed by atoms with Crippen LogP contribution in [0.5, 0.6) is 0 Å². The minimum absolute atomic E-state index is 0.209. The Balaban J connectivity index is 1.75. The van der Waals surface area contributed by atoms with Crippen LogP contribution in [0.25, 0.3) is 0 Å². The van der Waals surface area contributed by atoms with Gasteiger partial charge in [-0.25, -0.2) is 0 Å². The highest BCUT2D eigenvalue weighted by molar-refractivity contribution is 5.76. The quantitative estimate of drug-likeness (QED) is 0.708. The van der Waals surface area contributed by atoms with Gasteiger partial charge in [0.05, 0.1) is 0 Å². The zero-order valence-electron chi connectivity index (χ0n) is 8.94. The summed E-state index contributed by atoms with van der Waals surface area (Å²) in [6.07, 6.45) is 5.60. The first-order valence-corrected chi connectivity index (χ1v) is 5.68. The lowest BCUT2D eigenvalue weighted by atomic mass is 10.1. The van der Waals surface area contributed by atoms with E-state index in [1.54, 1.807) is 0 Å². The number of nitrogens with one attached hydrogen (secondary N) is 2. The number of hydrogen-bond acceptors (Lipinski definition) is 2. The highest BCUT2D eigenvalue weighted by atomic mass is 16.1. The smallest absolute Gasteiger partial charge is 0.221 e. The second kappa shape index (κ2) is 3.89. The van der Waals surface area contributed by atoms with Crippen LogP contribution in [0.2, 0.25) is 0 Å². The molecule has 1 heterocycles. The fourth-order valence-electron chi connectivity index (χ4n) is 1.93. The van der Waals surface area contributed by atoms with Gasteiger partial charge in [-0.15, -0.1) is 0 Å². The Morgan fingerprint density at radius 2 is 2.36 bits per heavy atom. The van der Waals surface area contributed by atoms with Gasteiger partial charge in [0.2, 0.25) is 5.91 Å². The molecule has 1 atom stereocenters. The molecule has 0 radical (unpaired) electrons. The lowest BCUT2D eigenvalue weighted by Gasteiger charge is -2.17. The average Bonchev–Trinajstić information content (AvgIpc) is 2.89. The van der Waals surface area contributed by atoms with Crippen LogP contribution >= 0.6 is 0 Å². The van der Waals surface area contributed by atoms with Gasteiger partial charge in [-0.2, -0.15) is 0 Å². The summed E-state index contributed by atoms with van der Waals surface area (Å²) in [5.74, 6) is 0.209. The standard InChI is InChI=1S/C11H20N2O/c1-11(4-5-11)8-13-9-3-2-6-12-10(14)7-9/h9,13H,2-8H2,1H3,(H,12,14). The molecule has 0 aromatic heterocycles. The van der Waals surface area contributed by atoms with Crippen LogP contribution in [0, 0.1) is 5.41 Å². The monoisotopic (exact) mass is 196 g/mol. The van der Waals surface area contributed by atoms with Gasteiger partial charge in [0.15, 0.2) is 0 Å². The molecule has 1 aliphatic carbocycles. The maximum Gasteiger partial charge on any atom is 0.221 e. The van der Waals surface area contributed by atoms with E-state index in [-0.39, 0.29) is 5.91 Å². The molecule has 0 spiro atoms. The van der Waals surface area contributed by atoms with Crippen LogP contribution < -0.4 is 10.6 Å². The minimum Gasteiger partial charge on any atom is -0.356 e. The third-order valence-electron chi connectivity index (χ3n) is 3.40. The molecule has 80 valence electrons. The molecule has 1 aliphatic heterocycles. The largest absolute Gasteiger partial charge is 0.356 e. The van der Waals surface area contributed by atoms with Crippen molar-refractivity contribution in [2.24, 2.45) is 5.41 Å². The van der Waals surface area contributed by atoms with E-state index in [0.717, 1.165) is 25.9 Å². The van der Waals surface area contributed by atoms with E-state index in [4.69, 9.17) is 0 Å². The van der Waals surface area contributed by atoms with E-state index in [9.17, 15) is 4.79 Å². The lowest BCUT2D eigenvalue weighted by molar-refractivity contribution is -0.121. The average molecular weight is 196 g/mol. The van der Waals surface area contributed by atoms with Crippen molar-refractivity contribution in [1.29, 1.82) is 0 Å². The first-order chi connectivity index (χ1) is 6.68. The molecular weight excluding hydrogens is 176 g/mol. The van der Waals surface area contributed by atoms with E-state index >= 15 is 0 Å². The summed E-state index contributed by atoms with van der Waals surface area (Å²) in [7, 11) is 0. The topological polar surface area (TPSA) is 41.1 Å². The number of hydrogen-bond donors (Lipinski definition) is 2. The summed E-state index contributed by atoms with van der Waals surface area (Å²) in [4.78, 5) is 11.3. The van der Waals surface area contributed by atoms with Crippen LogP contribution in [0.1, 0.15) is 39.0 Å². The van der Waals surface area contributed by atoms with Crippen LogP contribution in [-0.2, 0) is 4.79 Å². The van der Waals surface area contributed by atoms with Crippen molar-refractivity contribution in [2.45, 2.75) is 45.1 Å². The number of carbonyl (C=O) groups is 1. The highest BCUT2D eigenvalue weighted by Crippen LogP contribution is 2.44. The Hall–Kier alpha value is -0.570. The SMILES string of the molecule is CC1(CNC2CCCNC(=O)C2)CC1. The molecule has 1 saturated carbocycles. The molecule has 2 aliphatic rings. The molecular formula is C11H20N2O. The Labute approximate surface area is 85.6 Å². The maximum atomic E-state index is 11.3. The first kappa shape index (κ1) is 9.97. The summed E-state index contributed by atoms with van der Waals surface area (Å²) >= 11 is 0. The number of rotatable bonds is 3. The van der Waals surface area contributed by atoms with Crippen molar-refractivity contribution in [3.05, 3.63) is 0 Å². The van der Waals surface area contributed by atoms with Crippen molar-refractivity contribution in [2.75, 3.05) is 13.1 Å². The molecule has 1 amide bonds. The summed E-state index contributed by atoms with van der Waals surface area (Å²) in [5.41, 5.74) is 0.544. The molecule has 1 unspecified atom stereocenters. The van der Waals surface area contributed by atoms with Crippen LogP contribution in [-0.4, -0.2) is 25.0 Å². The van der Waals surface area contributed by atoms with Gasteiger partial charge in [0, 0.05) is 25.6 Å². The van der Waals surface area contributed by atoms with Crippen molar-refractivity contribution in [1.82, 2.24) is 10.6 Å². The van der Waals surface area contributed by atoms with E-state index < -0.39 is 0 Å². The van der Waals surface area contributed by atoms with Gasteiger partial charge < -0.3 is 10.6 Å². The van der Waals surface area contributed by atoms with Gasteiger partial charge in [0.1, 0.15) is 0 Å². The fraction of sp³-hybridized carbons (Fsp3) is 0.909. The van der Waals surface area contributed by atoms with Gasteiger partial charge >= 0.3 is 0 Å². The molecule has 2 rings (SSSR count). The zero-order valence-corrected chi connectivity index (χ0v) is 8.94. The first-order valence-electron chi connectivity index (χ1n) is 5.68. The van der Waals surface area contributed by atoms with Crippen molar-refractivity contribution < 1.29 is 4.79 Å². The van der Waals surface area contributed by atoms with E-state index in [1.165, 1.54) is 12.8 Å². The molecule has 14 heavy (non-hydrogen) atoms. The second-order valence-corrected chi connectivity index (χ2v) is 5.08. The summed E-state index contributed by atoms with van der Waals surface area (Å²) in [6, 6.07) is 0.412. The molecule has 2 N–H and O–H groups in total.